The molecule has 2 N–H and O–H groups in total. The third-order valence-electron chi connectivity index (χ3n) is 3.87. The number of amides is 1. The summed E-state index contributed by atoms with van der Waals surface area (Å²) in [6.07, 6.45) is 1.35. The average Bonchev–Trinajstić information content (AvgIpc) is 3.19. The van der Waals surface area contributed by atoms with Gasteiger partial charge in [0.2, 0.25) is 0 Å². The van der Waals surface area contributed by atoms with E-state index < -0.39 is 10.8 Å². The van der Waals surface area contributed by atoms with Gasteiger partial charge >= 0.3 is 0 Å². The van der Waals surface area contributed by atoms with Crippen LogP contribution in [0.5, 0.6) is 0 Å². The van der Waals surface area contributed by atoms with Crippen molar-refractivity contribution < 1.29 is 14.5 Å². The predicted octanol–water partition coefficient (Wildman–Crippen LogP) is 1.69. The number of nitro benzene ring substituents is 1. The van der Waals surface area contributed by atoms with Crippen molar-refractivity contribution in [1.82, 2.24) is 10.4 Å². The molecule has 1 fully saturated rings. The van der Waals surface area contributed by atoms with Gasteiger partial charge in [0.25, 0.3) is 11.6 Å². The molecule has 0 bridgehead atoms. The van der Waals surface area contributed by atoms with E-state index in [0.29, 0.717) is 24.5 Å². The highest BCUT2D eigenvalue weighted by Crippen LogP contribution is 2.24. The summed E-state index contributed by atoms with van der Waals surface area (Å²) >= 11 is 1.39. The SMILES string of the molecule is CNc1ccc(/C=N/NC(=O)c2csc(N3CCOCC3)n2)cc1[N+](=O)[O-]. The zero-order valence-corrected chi connectivity index (χ0v) is 15.4. The minimum atomic E-state index is -0.482. The zero-order valence-electron chi connectivity index (χ0n) is 14.5. The van der Waals surface area contributed by atoms with E-state index >= 15 is 0 Å². The van der Waals surface area contributed by atoms with E-state index in [0.717, 1.165) is 18.2 Å². The van der Waals surface area contributed by atoms with Gasteiger partial charge < -0.3 is 15.0 Å². The molecule has 142 valence electrons. The fourth-order valence-corrected chi connectivity index (χ4v) is 3.34. The summed E-state index contributed by atoms with van der Waals surface area (Å²) in [7, 11) is 1.61. The summed E-state index contributed by atoms with van der Waals surface area (Å²) in [5.74, 6) is -0.441. The highest BCUT2D eigenvalue weighted by Gasteiger charge is 2.17. The Morgan fingerprint density at radius 3 is 2.93 bits per heavy atom. The molecule has 1 aromatic heterocycles. The van der Waals surface area contributed by atoms with E-state index in [4.69, 9.17) is 4.74 Å². The second-order valence-corrected chi connectivity index (χ2v) is 6.43. The van der Waals surface area contributed by atoms with Gasteiger partial charge in [-0.3, -0.25) is 14.9 Å². The first-order chi connectivity index (χ1) is 13.1. The van der Waals surface area contributed by atoms with Crippen molar-refractivity contribution in [2.24, 2.45) is 5.10 Å². The van der Waals surface area contributed by atoms with Gasteiger partial charge in [0, 0.05) is 37.1 Å². The average molecular weight is 390 g/mol. The summed E-state index contributed by atoms with van der Waals surface area (Å²) in [5.41, 5.74) is 3.49. The van der Waals surface area contributed by atoms with Crippen LogP contribution in [0.15, 0.2) is 28.7 Å². The van der Waals surface area contributed by atoms with Gasteiger partial charge in [-0.15, -0.1) is 11.3 Å². The number of anilines is 2. The number of carbonyl (C=O) groups excluding carboxylic acids is 1. The topological polar surface area (TPSA) is 122 Å². The van der Waals surface area contributed by atoms with E-state index in [1.54, 1.807) is 24.6 Å². The van der Waals surface area contributed by atoms with Crippen molar-refractivity contribution in [1.29, 1.82) is 0 Å². The second kappa shape index (κ2) is 8.56. The third-order valence-corrected chi connectivity index (χ3v) is 4.78. The molecule has 1 amide bonds. The number of carbonyl (C=O) groups is 1. The Morgan fingerprint density at radius 2 is 2.22 bits per heavy atom. The van der Waals surface area contributed by atoms with Crippen molar-refractivity contribution in [2.45, 2.75) is 0 Å². The Kier molecular flexibility index (Phi) is 5.94. The number of hydrogen-bond donors (Lipinski definition) is 2. The van der Waals surface area contributed by atoms with Crippen LogP contribution in [0.2, 0.25) is 0 Å². The Balaban J connectivity index is 1.63. The number of hydrogen-bond acceptors (Lipinski definition) is 9. The fraction of sp³-hybridized carbons (Fsp3) is 0.312. The van der Waals surface area contributed by atoms with Crippen molar-refractivity contribution in [2.75, 3.05) is 43.6 Å². The normalized spacial score (nSPS) is 14.3. The maximum Gasteiger partial charge on any atom is 0.292 e. The van der Waals surface area contributed by atoms with E-state index in [9.17, 15) is 14.9 Å². The van der Waals surface area contributed by atoms with Gasteiger partial charge in [-0.1, -0.05) is 6.07 Å². The fourth-order valence-electron chi connectivity index (χ4n) is 2.48. The van der Waals surface area contributed by atoms with Crippen LogP contribution >= 0.6 is 11.3 Å². The van der Waals surface area contributed by atoms with Gasteiger partial charge in [-0.2, -0.15) is 5.10 Å². The quantitative estimate of drug-likeness (QED) is 0.437. The summed E-state index contributed by atoms with van der Waals surface area (Å²) in [6.45, 7) is 2.77. The molecular formula is C16H18N6O4S. The molecule has 0 unspecified atom stereocenters. The van der Waals surface area contributed by atoms with Gasteiger partial charge in [-0.25, -0.2) is 10.4 Å². The van der Waals surface area contributed by atoms with E-state index in [1.165, 1.54) is 23.6 Å². The Bertz CT molecular complexity index is 862. The third kappa shape index (κ3) is 4.57. The van der Waals surface area contributed by atoms with Crippen LogP contribution in [-0.4, -0.2) is 55.4 Å². The molecule has 3 rings (SSSR count). The van der Waals surface area contributed by atoms with Crippen LogP contribution in [0, 0.1) is 10.1 Å². The Morgan fingerprint density at radius 1 is 1.44 bits per heavy atom. The van der Waals surface area contributed by atoms with Gasteiger partial charge in [-0.05, 0) is 6.07 Å². The highest BCUT2D eigenvalue weighted by molar-refractivity contribution is 7.13. The molecule has 1 aliphatic rings. The number of ether oxygens (including phenoxy) is 1. The van der Waals surface area contributed by atoms with Crippen molar-refractivity contribution in [3.63, 3.8) is 0 Å². The van der Waals surface area contributed by atoms with Crippen LogP contribution in [0.3, 0.4) is 0 Å². The van der Waals surface area contributed by atoms with Crippen LogP contribution in [0.1, 0.15) is 16.1 Å². The largest absolute Gasteiger partial charge is 0.383 e. The first-order valence-electron chi connectivity index (χ1n) is 8.16. The van der Waals surface area contributed by atoms with Gasteiger partial charge in [0.05, 0.1) is 24.4 Å². The Hall–Kier alpha value is -3.05. The molecule has 0 atom stereocenters. The summed E-state index contributed by atoms with van der Waals surface area (Å²) in [4.78, 5) is 29.1. The molecule has 1 aliphatic heterocycles. The van der Waals surface area contributed by atoms with Crippen molar-refractivity contribution >= 4 is 40.0 Å². The number of morpholine rings is 1. The van der Waals surface area contributed by atoms with Crippen LogP contribution < -0.4 is 15.6 Å². The number of nitrogens with one attached hydrogen (secondary N) is 2. The molecule has 0 spiro atoms. The smallest absolute Gasteiger partial charge is 0.292 e. The number of rotatable bonds is 6. The minimum Gasteiger partial charge on any atom is -0.383 e. The number of hydrazone groups is 1. The summed E-state index contributed by atoms with van der Waals surface area (Å²) < 4.78 is 5.30. The predicted molar refractivity (Wildman–Crippen MR) is 103 cm³/mol. The van der Waals surface area contributed by atoms with Crippen LogP contribution in [-0.2, 0) is 4.74 Å². The molecule has 0 aliphatic carbocycles. The molecule has 11 heteroatoms. The first kappa shape index (κ1) is 18.7. The Labute approximate surface area is 159 Å². The van der Waals surface area contributed by atoms with Crippen molar-refractivity contribution in [3.05, 3.63) is 45.0 Å². The maximum absolute atomic E-state index is 12.2. The molecule has 2 heterocycles. The molecule has 10 nitrogen and oxygen atoms in total. The maximum atomic E-state index is 12.2. The lowest BCUT2D eigenvalue weighted by Crippen LogP contribution is -2.36. The van der Waals surface area contributed by atoms with Crippen LogP contribution in [0.25, 0.3) is 0 Å². The minimum absolute atomic E-state index is 0.0672. The lowest BCUT2D eigenvalue weighted by Gasteiger charge is -2.25. The standard InChI is InChI=1S/C16H18N6O4S/c1-17-12-3-2-11(8-14(12)22(24)25)9-18-20-15(23)13-10-27-16(19-13)21-4-6-26-7-5-21/h2-3,8-10,17H,4-7H2,1H3,(H,20,23)/b18-9+. The van der Waals surface area contributed by atoms with E-state index in [2.05, 4.69) is 25.7 Å². The molecule has 1 aromatic carbocycles. The molecule has 2 aromatic rings. The molecular weight excluding hydrogens is 372 g/mol. The lowest BCUT2D eigenvalue weighted by molar-refractivity contribution is -0.383. The molecule has 0 radical (unpaired) electrons. The molecule has 27 heavy (non-hydrogen) atoms. The highest BCUT2D eigenvalue weighted by atomic mass is 32.1. The van der Waals surface area contributed by atoms with Crippen molar-refractivity contribution in [3.8, 4) is 0 Å². The lowest BCUT2D eigenvalue weighted by atomic mass is 10.2. The molecule has 1 saturated heterocycles. The number of aromatic nitrogens is 1. The summed E-state index contributed by atoms with van der Waals surface area (Å²) in [6, 6.07) is 4.62. The number of nitrogens with zero attached hydrogens (tertiary/aromatic N) is 4. The number of thiazole rings is 1. The first-order valence-corrected chi connectivity index (χ1v) is 9.04. The second-order valence-electron chi connectivity index (χ2n) is 5.60. The summed E-state index contributed by atoms with van der Waals surface area (Å²) in [5, 5.41) is 20.1. The number of nitro groups is 1. The number of benzene rings is 1. The van der Waals surface area contributed by atoms with E-state index in [1.807, 2.05) is 0 Å². The van der Waals surface area contributed by atoms with Crippen LogP contribution in [0.4, 0.5) is 16.5 Å². The van der Waals surface area contributed by atoms with E-state index in [-0.39, 0.29) is 11.4 Å². The monoisotopic (exact) mass is 390 g/mol. The molecule has 0 saturated carbocycles. The van der Waals surface area contributed by atoms with Gasteiger partial charge in [0.15, 0.2) is 5.13 Å². The zero-order chi connectivity index (χ0) is 19.2. The van der Waals surface area contributed by atoms with Gasteiger partial charge in [0.1, 0.15) is 11.4 Å².